The predicted octanol–water partition coefficient (Wildman–Crippen LogP) is 5.14. The third kappa shape index (κ3) is 3.59. The molecule has 4 nitrogen and oxygen atoms in total. The molecule has 1 aromatic carbocycles. The van der Waals surface area contributed by atoms with Gasteiger partial charge in [-0.05, 0) is 31.0 Å². The second-order valence-corrected chi connectivity index (χ2v) is 7.21. The lowest BCUT2D eigenvalue weighted by Gasteiger charge is -2.18. The molecule has 2 aromatic rings. The molecule has 0 spiro atoms. The molecule has 3 rings (SSSR count). The molecule has 1 amide bonds. The van der Waals surface area contributed by atoms with E-state index in [1.54, 1.807) is 18.2 Å². The molecule has 1 aromatic heterocycles. The monoisotopic (exact) mass is 355 g/mol. The van der Waals surface area contributed by atoms with Gasteiger partial charge in [-0.3, -0.25) is 10.1 Å². The number of nitrogens with one attached hydrogen (secondary N) is 1. The van der Waals surface area contributed by atoms with Crippen molar-refractivity contribution in [3.63, 3.8) is 0 Å². The molecule has 22 heavy (non-hydrogen) atoms. The van der Waals surface area contributed by atoms with Gasteiger partial charge in [0.1, 0.15) is 5.01 Å². The summed E-state index contributed by atoms with van der Waals surface area (Å²) in [7, 11) is 0. The van der Waals surface area contributed by atoms with E-state index in [1.807, 2.05) is 0 Å². The van der Waals surface area contributed by atoms with Gasteiger partial charge >= 0.3 is 0 Å². The quantitative estimate of drug-likeness (QED) is 0.828. The summed E-state index contributed by atoms with van der Waals surface area (Å²) in [4.78, 5) is 12.3. The molecule has 1 aliphatic carbocycles. The summed E-state index contributed by atoms with van der Waals surface area (Å²) in [5, 5.41) is 13.4. The Morgan fingerprint density at radius 3 is 2.73 bits per heavy atom. The van der Waals surface area contributed by atoms with Crippen molar-refractivity contribution < 1.29 is 4.79 Å². The van der Waals surface area contributed by atoms with Gasteiger partial charge in [0, 0.05) is 10.9 Å². The van der Waals surface area contributed by atoms with E-state index in [4.69, 9.17) is 23.2 Å². The van der Waals surface area contributed by atoms with Crippen LogP contribution in [-0.4, -0.2) is 16.1 Å². The average Bonchev–Trinajstić information content (AvgIpc) is 2.99. The number of halogens is 2. The highest BCUT2D eigenvalue weighted by Crippen LogP contribution is 2.35. The zero-order chi connectivity index (χ0) is 15.5. The van der Waals surface area contributed by atoms with Crippen LogP contribution in [0.3, 0.4) is 0 Å². The predicted molar refractivity (Wildman–Crippen MR) is 90.2 cm³/mol. The van der Waals surface area contributed by atoms with Gasteiger partial charge in [0.2, 0.25) is 5.13 Å². The normalized spacial score (nSPS) is 15.7. The Bertz CT molecular complexity index is 683. The molecule has 0 bridgehead atoms. The van der Waals surface area contributed by atoms with E-state index < -0.39 is 0 Å². The number of amides is 1. The van der Waals surface area contributed by atoms with Gasteiger partial charge < -0.3 is 0 Å². The standard InChI is InChI=1S/C15H15Cl2N3OS/c16-10-6-7-12(17)11(8-10)13(21)18-15-20-19-14(22-15)9-4-2-1-3-5-9/h6-9H,1-5H2,(H,18,20,21). The van der Waals surface area contributed by atoms with Gasteiger partial charge in [0.05, 0.1) is 10.6 Å². The molecule has 0 radical (unpaired) electrons. The summed E-state index contributed by atoms with van der Waals surface area (Å²) in [5.74, 6) is 0.158. The van der Waals surface area contributed by atoms with Crippen LogP contribution >= 0.6 is 34.5 Å². The van der Waals surface area contributed by atoms with E-state index >= 15 is 0 Å². The Morgan fingerprint density at radius 1 is 1.18 bits per heavy atom. The maximum absolute atomic E-state index is 12.3. The number of hydrogen-bond donors (Lipinski definition) is 1. The van der Waals surface area contributed by atoms with Gasteiger partial charge in [-0.25, -0.2) is 0 Å². The molecule has 7 heteroatoms. The number of hydrogen-bond acceptors (Lipinski definition) is 4. The van der Waals surface area contributed by atoms with Crippen molar-refractivity contribution in [3.8, 4) is 0 Å². The van der Waals surface area contributed by atoms with Gasteiger partial charge in [-0.1, -0.05) is 53.8 Å². The topological polar surface area (TPSA) is 54.9 Å². The number of anilines is 1. The number of carbonyl (C=O) groups is 1. The Kier molecular flexibility index (Phi) is 4.96. The SMILES string of the molecule is O=C(Nc1nnc(C2CCCCC2)s1)c1cc(Cl)ccc1Cl. The van der Waals surface area contributed by atoms with Crippen molar-refractivity contribution in [1.29, 1.82) is 0 Å². The van der Waals surface area contributed by atoms with Crippen LogP contribution in [0.4, 0.5) is 5.13 Å². The van der Waals surface area contributed by atoms with Crippen molar-refractivity contribution in [3.05, 3.63) is 38.8 Å². The molecular weight excluding hydrogens is 341 g/mol. The van der Waals surface area contributed by atoms with E-state index in [0.717, 1.165) is 17.8 Å². The summed E-state index contributed by atoms with van der Waals surface area (Å²) in [5.41, 5.74) is 0.337. The largest absolute Gasteiger partial charge is 0.296 e. The van der Waals surface area contributed by atoms with E-state index in [0.29, 0.717) is 26.7 Å². The van der Waals surface area contributed by atoms with E-state index in [9.17, 15) is 4.79 Å². The first-order valence-electron chi connectivity index (χ1n) is 7.23. The van der Waals surface area contributed by atoms with Crippen molar-refractivity contribution in [2.24, 2.45) is 0 Å². The minimum atomic E-state index is -0.321. The molecule has 0 aliphatic heterocycles. The average molecular weight is 356 g/mol. The van der Waals surface area contributed by atoms with Crippen LogP contribution in [0.1, 0.15) is 53.4 Å². The first-order valence-corrected chi connectivity index (χ1v) is 8.80. The van der Waals surface area contributed by atoms with Crippen molar-refractivity contribution in [2.75, 3.05) is 5.32 Å². The minimum Gasteiger partial charge on any atom is -0.296 e. The highest BCUT2D eigenvalue weighted by Gasteiger charge is 2.20. The summed E-state index contributed by atoms with van der Waals surface area (Å²) in [6.45, 7) is 0. The lowest BCUT2D eigenvalue weighted by atomic mass is 9.90. The van der Waals surface area contributed by atoms with E-state index in [2.05, 4.69) is 15.5 Å². The van der Waals surface area contributed by atoms with Gasteiger partial charge in [0.15, 0.2) is 0 Å². The summed E-state index contributed by atoms with van der Waals surface area (Å²) in [6.07, 6.45) is 6.09. The van der Waals surface area contributed by atoms with E-state index in [1.165, 1.54) is 30.6 Å². The van der Waals surface area contributed by atoms with E-state index in [-0.39, 0.29) is 5.91 Å². The lowest BCUT2D eigenvalue weighted by Crippen LogP contribution is -2.12. The minimum absolute atomic E-state index is 0.321. The number of benzene rings is 1. The fraction of sp³-hybridized carbons (Fsp3) is 0.400. The molecule has 1 saturated carbocycles. The van der Waals surface area contributed by atoms with Gasteiger partial charge in [-0.15, -0.1) is 10.2 Å². The molecule has 0 atom stereocenters. The lowest BCUT2D eigenvalue weighted by molar-refractivity contribution is 0.102. The molecule has 1 aliphatic rings. The Balaban J connectivity index is 1.71. The van der Waals surface area contributed by atoms with Gasteiger partial charge in [-0.2, -0.15) is 0 Å². The molecule has 0 saturated heterocycles. The fourth-order valence-electron chi connectivity index (χ4n) is 2.64. The Hall–Kier alpha value is -1.17. The second kappa shape index (κ2) is 6.94. The Labute approximate surface area is 142 Å². The summed E-state index contributed by atoms with van der Waals surface area (Å²) < 4.78 is 0. The fourth-order valence-corrected chi connectivity index (χ4v) is 3.92. The zero-order valence-electron chi connectivity index (χ0n) is 11.8. The van der Waals surface area contributed by atoms with Crippen LogP contribution in [0.5, 0.6) is 0 Å². The van der Waals surface area contributed by atoms with Crippen LogP contribution < -0.4 is 5.32 Å². The number of carbonyl (C=O) groups excluding carboxylic acids is 1. The molecule has 116 valence electrons. The number of aromatic nitrogens is 2. The van der Waals surface area contributed by atoms with Crippen molar-refractivity contribution >= 4 is 45.6 Å². The van der Waals surface area contributed by atoms with Crippen molar-refractivity contribution in [1.82, 2.24) is 10.2 Å². The first kappa shape index (κ1) is 15.7. The second-order valence-electron chi connectivity index (χ2n) is 5.36. The Morgan fingerprint density at radius 2 is 1.95 bits per heavy atom. The molecule has 1 N–H and O–H groups in total. The van der Waals surface area contributed by atoms with Crippen LogP contribution in [0.15, 0.2) is 18.2 Å². The third-order valence-corrected chi connectivity index (χ3v) is 5.35. The molecule has 1 fully saturated rings. The van der Waals surface area contributed by atoms with Crippen molar-refractivity contribution in [2.45, 2.75) is 38.0 Å². The van der Waals surface area contributed by atoms with Crippen LogP contribution in [0.25, 0.3) is 0 Å². The third-order valence-electron chi connectivity index (χ3n) is 3.79. The van der Waals surface area contributed by atoms with Crippen LogP contribution in [-0.2, 0) is 0 Å². The molecular formula is C15H15Cl2N3OS. The first-order chi connectivity index (χ1) is 10.6. The smallest absolute Gasteiger partial charge is 0.259 e. The highest BCUT2D eigenvalue weighted by atomic mass is 35.5. The zero-order valence-corrected chi connectivity index (χ0v) is 14.1. The van der Waals surface area contributed by atoms with Crippen LogP contribution in [0, 0.1) is 0 Å². The van der Waals surface area contributed by atoms with Crippen LogP contribution in [0.2, 0.25) is 10.0 Å². The van der Waals surface area contributed by atoms with Gasteiger partial charge in [0.25, 0.3) is 5.91 Å². The molecule has 0 unspecified atom stereocenters. The summed E-state index contributed by atoms with van der Waals surface area (Å²) >= 11 is 13.4. The molecule has 1 heterocycles. The maximum atomic E-state index is 12.3. The number of nitrogens with zero attached hydrogens (tertiary/aromatic N) is 2. The highest BCUT2D eigenvalue weighted by molar-refractivity contribution is 7.15. The summed E-state index contributed by atoms with van der Waals surface area (Å²) in [6, 6.07) is 4.79. The maximum Gasteiger partial charge on any atom is 0.259 e. The number of rotatable bonds is 3.